The zero-order chi connectivity index (χ0) is 17.6. The highest BCUT2D eigenvalue weighted by molar-refractivity contribution is 7.09. The van der Waals surface area contributed by atoms with Gasteiger partial charge in [0.2, 0.25) is 0 Å². The van der Waals surface area contributed by atoms with Crippen molar-refractivity contribution in [2.24, 2.45) is 0 Å². The molecule has 1 N–H and O–H groups in total. The molecule has 3 rings (SSSR count). The number of hydrogen-bond donors (Lipinski definition) is 1. The van der Waals surface area contributed by atoms with E-state index >= 15 is 0 Å². The molecule has 0 aliphatic carbocycles. The fourth-order valence-electron chi connectivity index (χ4n) is 2.08. The Bertz CT molecular complexity index is 868. The van der Waals surface area contributed by atoms with E-state index in [-0.39, 0.29) is 24.9 Å². The lowest BCUT2D eigenvalue weighted by Crippen LogP contribution is -2.23. The second-order valence-corrected chi connectivity index (χ2v) is 6.56. The topological polar surface area (TPSA) is 51.2 Å². The summed E-state index contributed by atoms with van der Waals surface area (Å²) >= 11 is 7.16. The summed E-state index contributed by atoms with van der Waals surface area (Å²) in [4.78, 5) is 16.4. The molecule has 0 fully saturated rings. The molecule has 3 aromatic rings. The van der Waals surface area contributed by atoms with Gasteiger partial charge in [0.15, 0.2) is 0 Å². The molecule has 1 amide bonds. The molecule has 0 saturated heterocycles. The quantitative estimate of drug-likeness (QED) is 0.691. The van der Waals surface area contributed by atoms with Gasteiger partial charge in [-0.3, -0.25) is 4.79 Å². The number of benzene rings is 2. The van der Waals surface area contributed by atoms with Gasteiger partial charge in [0, 0.05) is 16.9 Å². The van der Waals surface area contributed by atoms with Crippen molar-refractivity contribution in [3.8, 4) is 5.75 Å². The van der Waals surface area contributed by atoms with Crippen LogP contribution in [0.25, 0.3) is 0 Å². The average Bonchev–Trinajstić information content (AvgIpc) is 3.08. The molecule has 2 aromatic carbocycles. The number of thiazole rings is 1. The van der Waals surface area contributed by atoms with E-state index in [1.165, 1.54) is 23.5 Å². The second-order valence-electron chi connectivity index (χ2n) is 5.18. The molecule has 0 unspecified atom stereocenters. The highest BCUT2D eigenvalue weighted by Crippen LogP contribution is 2.18. The Kier molecular flexibility index (Phi) is 5.63. The Hall–Kier alpha value is -2.44. The first-order valence-electron chi connectivity index (χ1n) is 7.45. The molecule has 4 nitrogen and oxygen atoms in total. The number of rotatable bonds is 6. The summed E-state index contributed by atoms with van der Waals surface area (Å²) in [5, 5.41) is 5.71. The molecule has 128 valence electrons. The van der Waals surface area contributed by atoms with Gasteiger partial charge < -0.3 is 10.1 Å². The molecular weight excluding hydrogens is 363 g/mol. The molecule has 0 radical (unpaired) electrons. The number of hydrogen-bond acceptors (Lipinski definition) is 4. The smallest absolute Gasteiger partial charge is 0.271 e. The lowest BCUT2D eigenvalue weighted by atomic mass is 10.2. The number of halogens is 2. The summed E-state index contributed by atoms with van der Waals surface area (Å²) in [7, 11) is 0. The molecule has 1 heterocycles. The van der Waals surface area contributed by atoms with Crippen molar-refractivity contribution in [3.63, 3.8) is 0 Å². The van der Waals surface area contributed by atoms with Crippen molar-refractivity contribution >= 4 is 28.8 Å². The van der Waals surface area contributed by atoms with Crippen molar-refractivity contribution in [1.82, 2.24) is 10.3 Å². The predicted octanol–water partition coefficient (Wildman–Crippen LogP) is 4.44. The monoisotopic (exact) mass is 376 g/mol. The Labute approximate surface area is 153 Å². The summed E-state index contributed by atoms with van der Waals surface area (Å²) in [5.41, 5.74) is 1.01. The van der Waals surface area contributed by atoms with Crippen LogP contribution >= 0.6 is 22.9 Å². The normalized spacial score (nSPS) is 10.5. The fourth-order valence-corrected chi connectivity index (χ4v) is 2.89. The van der Waals surface area contributed by atoms with E-state index in [9.17, 15) is 9.18 Å². The van der Waals surface area contributed by atoms with Gasteiger partial charge in [-0.05, 0) is 42.0 Å². The van der Waals surface area contributed by atoms with Gasteiger partial charge in [-0.2, -0.15) is 0 Å². The first-order valence-corrected chi connectivity index (χ1v) is 8.71. The van der Waals surface area contributed by atoms with E-state index in [1.807, 2.05) is 0 Å². The number of carbonyl (C=O) groups is 1. The zero-order valence-corrected chi connectivity index (χ0v) is 14.6. The van der Waals surface area contributed by atoms with Crippen molar-refractivity contribution in [2.75, 3.05) is 0 Å². The fraction of sp³-hybridized carbons (Fsp3) is 0.111. The maximum atomic E-state index is 13.1. The maximum absolute atomic E-state index is 13.1. The molecule has 0 aliphatic heterocycles. The number of ether oxygens (including phenoxy) is 1. The molecule has 1 aromatic heterocycles. The van der Waals surface area contributed by atoms with E-state index in [1.54, 1.807) is 41.8 Å². The molecule has 0 atom stereocenters. The molecule has 0 aliphatic rings. The second kappa shape index (κ2) is 8.09. The van der Waals surface area contributed by atoms with E-state index in [2.05, 4.69) is 10.3 Å². The number of nitrogens with zero attached hydrogens (tertiary/aromatic N) is 1. The minimum atomic E-state index is -0.331. The van der Waals surface area contributed by atoms with Gasteiger partial charge in [-0.25, -0.2) is 9.37 Å². The van der Waals surface area contributed by atoms with Crippen LogP contribution in [0, 0.1) is 5.82 Å². The number of nitrogens with one attached hydrogen (secondary N) is 1. The molecule has 0 bridgehead atoms. The summed E-state index contributed by atoms with van der Waals surface area (Å²) in [6, 6.07) is 13.1. The first kappa shape index (κ1) is 17.4. The van der Waals surface area contributed by atoms with Crippen molar-refractivity contribution in [1.29, 1.82) is 0 Å². The molecule has 0 saturated carbocycles. The highest BCUT2D eigenvalue weighted by atomic mass is 35.5. The first-order chi connectivity index (χ1) is 12.1. The largest absolute Gasteiger partial charge is 0.486 e. The Morgan fingerprint density at radius 3 is 2.80 bits per heavy atom. The van der Waals surface area contributed by atoms with Crippen LogP contribution in [0.4, 0.5) is 4.39 Å². The highest BCUT2D eigenvalue weighted by Gasteiger charge is 2.11. The van der Waals surface area contributed by atoms with E-state index < -0.39 is 0 Å². The SMILES string of the molecule is O=C(NCc1cccc(F)c1)c1csc(COc2ccc(Cl)cc2)n1. The Balaban J connectivity index is 1.53. The summed E-state index contributed by atoms with van der Waals surface area (Å²) in [5.74, 6) is 0.0389. The molecular formula is C18H14ClFN2O2S. The molecule has 7 heteroatoms. The van der Waals surface area contributed by atoms with Crippen LogP contribution in [0.3, 0.4) is 0 Å². The van der Waals surface area contributed by atoms with Crippen LogP contribution in [0.1, 0.15) is 21.1 Å². The van der Waals surface area contributed by atoms with E-state index in [0.29, 0.717) is 27.0 Å². The third-order valence-electron chi connectivity index (χ3n) is 3.30. The summed E-state index contributed by atoms with van der Waals surface area (Å²) < 4.78 is 18.7. The van der Waals surface area contributed by atoms with Crippen LogP contribution < -0.4 is 10.1 Å². The molecule has 25 heavy (non-hydrogen) atoms. The lowest BCUT2D eigenvalue weighted by Gasteiger charge is -2.04. The molecule has 0 spiro atoms. The zero-order valence-electron chi connectivity index (χ0n) is 13.0. The standard InChI is InChI=1S/C18H14ClFN2O2S/c19-13-4-6-15(7-5-13)24-10-17-22-16(11-25-17)18(23)21-9-12-2-1-3-14(20)8-12/h1-8,11H,9-10H2,(H,21,23). The third-order valence-corrected chi connectivity index (χ3v) is 4.38. The lowest BCUT2D eigenvalue weighted by molar-refractivity contribution is 0.0946. The minimum Gasteiger partial charge on any atom is -0.486 e. The van der Waals surface area contributed by atoms with Crippen LogP contribution in [-0.2, 0) is 13.2 Å². The van der Waals surface area contributed by atoms with E-state index in [0.717, 1.165) is 0 Å². The summed E-state index contributed by atoms with van der Waals surface area (Å²) in [6.45, 7) is 0.508. The Morgan fingerprint density at radius 1 is 1.24 bits per heavy atom. The van der Waals surface area contributed by atoms with Crippen molar-refractivity contribution < 1.29 is 13.9 Å². The minimum absolute atomic E-state index is 0.241. The van der Waals surface area contributed by atoms with Crippen LogP contribution in [-0.4, -0.2) is 10.9 Å². The maximum Gasteiger partial charge on any atom is 0.271 e. The van der Waals surface area contributed by atoms with Crippen LogP contribution in [0.15, 0.2) is 53.9 Å². The number of amides is 1. The van der Waals surface area contributed by atoms with Gasteiger partial charge in [-0.1, -0.05) is 23.7 Å². The average molecular weight is 377 g/mol. The number of carbonyl (C=O) groups excluding carboxylic acids is 1. The van der Waals surface area contributed by atoms with Gasteiger partial charge in [0.05, 0.1) is 0 Å². The van der Waals surface area contributed by atoms with Crippen molar-refractivity contribution in [3.05, 3.63) is 81.0 Å². The summed E-state index contributed by atoms with van der Waals surface area (Å²) in [6.07, 6.45) is 0. The number of aromatic nitrogens is 1. The van der Waals surface area contributed by atoms with E-state index in [4.69, 9.17) is 16.3 Å². The van der Waals surface area contributed by atoms with Gasteiger partial charge in [0.1, 0.15) is 28.9 Å². The van der Waals surface area contributed by atoms with Gasteiger partial charge in [-0.15, -0.1) is 11.3 Å². The van der Waals surface area contributed by atoms with Gasteiger partial charge in [0.25, 0.3) is 5.91 Å². The van der Waals surface area contributed by atoms with Gasteiger partial charge >= 0.3 is 0 Å². The Morgan fingerprint density at radius 2 is 2.04 bits per heavy atom. The third kappa shape index (κ3) is 5.01. The predicted molar refractivity (Wildman–Crippen MR) is 95.5 cm³/mol. The van der Waals surface area contributed by atoms with Crippen molar-refractivity contribution in [2.45, 2.75) is 13.2 Å². The van der Waals surface area contributed by atoms with Crippen LogP contribution in [0.2, 0.25) is 5.02 Å². The van der Waals surface area contributed by atoms with Crippen LogP contribution in [0.5, 0.6) is 5.75 Å².